The van der Waals surface area contributed by atoms with Gasteiger partial charge in [0.15, 0.2) is 0 Å². The van der Waals surface area contributed by atoms with Crippen molar-refractivity contribution >= 4 is 29.2 Å². The van der Waals surface area contributed by atoms with Gasteiger partial charge in [0, 0.05) is 22.3 Å². The monoisotopic (exact) mass is 469 g/mol. The highest BCUT2D eigenvalue weighted by Gasteiger charge is 2.36. The summed E-state index contributed by atoms with van der Waals surface area (Å²) in [6, 6.07) is 5.61. The van der Waals surface area contributed by atoms with E-state index in [0.717, 1.165) is 12.1 Å². The Morgan fingerprint density at radius 2 is 1.84 bits per heavy atom. The molecule has 1 aliphatic heterocycles. The van der Waals surface area contributed by atoms with E-state index in [2.05, 4.69) is 15.3 Å². The Hall–Kier alpha value is -2.87. The number of nitrogens with zero attached hydrogens (tertiary/aromatic N) is 2. The van der Waals surface area contributed by atoms with Crippen molar-refractivity contribution in [2.45, 2.75) is 19.1 Å². The van der Waals surface area contributed by atoms with Gasteiger partial charge in [0.25, 0.3) is 0 Å². The molecular formula is C21H20F4N3O3P. The minimum Gasteiger partial charge on any atom is -0.489 e. The van der Waals surface area contributed by atoms with Crippen LogP contribution in [0.25, 0.3) is 10.9 Å². The molecule has 0 saturated carbocycles. The van der Waals surface area contributed by atoms with Crippen molar-refractivity contribution in [3.05, 3.63) is 47.3 Å². The second-order valence-electron chi connectivity index (χ2n) is 7.81. The van der Waals surface area contributed by atoms with Gasteiger partial charge in [-0.3, -0.25) is 0 Å². The lowest BCUT2D eigenvalue weighted by molar-refractivity contribution is -0.139. The van der Waals surface area contributed by atoms with Gasteiger partial charge in [-0.05, 0) is 32.4 Å². The molecule has 2 heterocycles. The number of rotatable bonds is 1. The SMILES string of the molecule is C[C@H]1Nc2nc(nc3cc(F)c(P(C)(C)=O)cc23)OCCOc2c1cccc2C(F)(F)F. The van der Waals surface area contributed by atoms with Gasteiger partial charge in [0.2, 0.25) is 0 Å². The predicted octanol–water partition coefficient (Wildman–Crippen LogP) is 4.98. The quantitative estimate of drug-likeness (QED) is 0.400. The molecule has 0 radical (unpaired) electrons. The zero-order chi connectivity index (χ0) is 23.3. The van der Waals surface area contributed by atoms with Crippen LogP contribution in [0.4, 0.5) is 23.4 Å². The summed E-state index contributed by atoms with van der Waals surface area (Å²) < 4.78 is 78.8. The zero-order valence-electron chi connectivity index (χ0n) is 17.5. The summed E-state index contributed by atoms with van der Waals surface area (Å²) in [5.74, 6) is -0.742. The fourth-order valence-corrected chi connectivity index (χ4v) is 4.56. The van der Waals surface area contributed by atoms with Crippen molar-refractivity contribution < 1.29 is 31.6 Å². The number of aromatic nitrogens is 2. The van der Waals surface area contributed by atoms with E-state index in [-0.39, 0.29) is 47.2 Å². The van der Waals surface area contributed by atoms with Crippen molar-refractivity contribution in [1.29, 1.82) is 0 Å². The van der Waals surface area contributed by atoms with Crippen molar-refractivity contribution in [2.75, 3.05) is 31.9 Å². The Bertz CT molecular complexity index is 1240. The minimum atomic E-state index is -4.61. The number of benzene rings is 2. The molecule has 2 bridgehead atoms. The molecule has 32 heavy (non-hydrogen) atoms. The van der Waals surface area contributed by atoms with Crippen LogP contribution in [-0.2, 0) is 10.7 Å². The summed E-state index contributed by atoms with van der Waals surface area (Å²) in [4.78, 5) is 8.50. The van der Waals surface area contributed by atoms with Crippen LogP contribution in [0.2, 0.25) is 0 Å². The first-order valence-electron chi connectivity index (χ1n) is 9.74. The van der Waals surface area contributed by atoms with Gasteiger partial charge in [0.05, 0.1) is 17.1 Å². The molecule has 6 nitrogen and oxygen atoms in total. The van der Waals surface area contributed by atoms with Crippen molar-refractivity contribution in [3.8, 4) is 11.8 Å². The van der Waals surface area contributed by atoms with Gasteiger partial charge >= 0.3 is 12.2 Å². The van der Waals surface area contributed by atoms with Crippen LogP contribution in [-0.4, -0.2) is 36.5 Å². The van der Waals surface area contributed by atoms with Crippen molar-refractivity contribution in [2.24, 2.45) is 0 Å². The Balaban J connectivity index is 1.89. The van der Waals surface area contributed by atoms with Crippen LogP contribution in [0.15, 0.2) is 30.3 Å². The molecule has 0 amide bonds. The minimum absolute atomic E-state index is 0.0328. The topological polar surface area (TPSA) is 73.3 Å². The number of para-hydroxylation sites is 1. The van der Waals surface area contributed by atoms with Crippen molar-refractivity contribution in [1.82, 2.24) is 9.97 Å². The third kappa shape index (κ3) is 4.24. The third-order valence-electron chi connectivity index (χ3n) is 5.06. The molecule has 1 aliphatic rings. The summed E-state index contributed by atoms with van der Waals surface area (Å²) in [6.45, 7) is 4.25. The number of halogens is 4. The van der Waals surface area contributed by atoms with E-state index in [9.17, 15) is 22.1 Å². The Kier molecular flexibility index (Phi) is 5.53. The molecule has 3 aromatic rings. The van der Waals surface area contributed by atoms with Crippen LogP contribution >= 0.6 is 7.14 Å². The largest absolute Gasteiger partial charge is 0.489 e. The highest BCUT2D eigenvalue weighted by atomic mass is 31.2. The van der Waals surface area contributed by atoms with E-state index in [1.165, 1.54) is 31.5 Å². The highest BCUT2D eigenvalue weighted by molar-refractivity contribution is 7.70. The van der Waals surface area contributed by atoms with Gasteiger partial charge in [-0.25, -0.2) is 4.39 Å². The van der Waals surface area contributed by atoms with Crippen LogP contribution < -0.4 is 20.1 Å². The number of nitrogens with one attached hydrogen (secondary N) is 1. The molecule has 2 aromatic carbocycles. The molecule has 170 valence electrons. The van der Waals surface area contributed by atoms with Crippen LogP contribution in [0.1, 0.15) is 24.1 Å². The molecule has 0 fully saturated rings. The first-order chi connectivity index (χ1) is 14.9. The number of anilines is 1. The molecule has 1 atom stereocenters. The normalized spacial score (nSPS) is 16.9. The first kappa shape index (κ1) is 22.3. The summed E-state index contributed by atoms with van der Waals surface area (Å²) >= 11 is 0. The van der Waals surface area contributed by atoms with Crippen molar-refractivity contribution in [3.63, 3.8) is 0 Å². The summed E-state index contributed by atoms with van der Waals surface area (Å²) in [7, 11) is -2.95. The van der Waals surface area contributed by atoms with Gasteiger partial charge < -0.3 is 19.4 Å². The van der Waals surface area contributed by atoms with Crippen LogP contribution in [0, 0.1) is 5.82 Å². The molecule has 0 aliphatic carbocycles. The van der Waals surface area contributed by atoms with Gasteiger partial charge in [0.1, 0.15) is 37.7 Å². The van der Waals surface area contributed by atoms with E-state index in [0.29, 0.717) is 5.39 Å². The molecule has 0 saturated heterocycles. The first-order valence-corrected chi connectivity index (χ1v) is 12.3. The smallest absolute Gasteiger partial charge is 0.419 e. The maximum absolute atomic E-state index is 14.6. The van der Waals surface area contributed by atoms with E-state index < -0.39 is 30.7 Å². The average Bonchev–Trinajstić information content (AvgIpc) is 2.70. The summed E-state index contributed by atoms with van der Waals surface area (Å²) in [5, 5.41) is 3.47. The van der Waals surface area contributed by atoms with Gasteiger partial charge in [-0.2, -0.15) is 23.1 Å². The fraction of sp³-hybridized carbons (Fsp3) is 0.333. The van der Waals surface area contributed by atoms with E-state index >= 15 is 0 Å². The van der Waals surface area contributed by atoms with Gasteiger partial charge in [-0.1, -0.05) is 12.1 Å². The molecule has 0 spiro atoms. The molecule has 4 rings (SSSR count). The maximum atomic E-state index is 14.6. The van der Waals surface area contributed by atoms with E-state index in [1.54, 1.807) is 6.92 Å². The lowest BCUT2D eigenvalue weighted by Gasteiger charge is -2.22. The van der Waals surface area contributed by atoms with E-state index in [4.69, 9.17) is 9.47 Å². The summed E-state index contributed by atoms with van der Waals surface area (Å²) in [6.07, 6.45) is -4.61. The Labute approximate surface area is 181 Å². The molecule has 1 N–H and O–H groups in total. The average molecular weight is 469 g/mol. The number of hydrogen-bond acceptors (Lipinski definition) is 6. The molecule has 11 heteroatoms. The van der Waals surface area contributed by atoms with Crippen LogP contribution in [0.3, 0.4) is 0 Å². The fourth-order valence-electron chi connectivity index (χ4n) is 3.54. The lowest BCUT2D eigenvalue weighted by atomic mass is 10.0. The molecular weight excluding hydrogens is 449 g/mol. The summed E-state index contributed by atoms with van der Waals surface area (Å²) in [5.41, 5.74) is -0.411. The lowest BCUT2D eigenvalue weighted by Crippen LogP contribution is -2.16. The molecule has 1 aromatic heterocycles. The standard InChI is InChI=1S/C21H20F4N3O3P/c1-11-12-5-4-6-14(21(23,24)25)18(12)30-7-8-31-20-27-16-10-15(22)17(32(2,3)29)9-13(16)19(26-11)28-20/h4-6,9-11H,7-8H2,1-3H3,(H,26,27,28)/t11-/m1/s1. The number of hydrogen-bond donors (Lipinski definition) is 1. The maximum Gasteiger partial charge on any atom is 0.419 e. The second-order valence-corrected chi connectivity index (χ2v) is 11.0. The Morgan fingerprint density at radius 3 is 2.53 bits per heavy atom. The molecule has 0 unspecified atom stereocenters. The predicted molar refractivity (Wildman–Crippen MR) is 113 cm³/mol. The highest BCUT2D eigenvalue weighted by Crippen LogP contribution is 2.42. The Morgan fingerprint density at radius 1 is 1.12 bits per heavy atom. The third-order valence-corrected chi connectivity index (χ3v) is 6.56. The number of ether oxygens (including phenoxy) is 2. The zero-order valence-corrected chi connectivity index (χ0v) is 18.4. The van der Waals surface area contributed by atoms with Crippen LogP contribution in [0.5, 0.6) is 11.8 Å². The van der Waals surface area contributed by atoms with E-state index in [1.807, 2.05) is 0 Å². The van der Waals surface area contributed by atoms with Gasteiger partial charge in [-0.15, -0.1) is 0 Å². The number of fused-ring (bicyclic) bond motifs is 5. The second kappa shape index (κ2) is 7.92. The number of alkyl halides is 3.